The van der Waals surface area contributed by atoms with Gasteiger partial charge in [0.1, 0.15) is 5.75 Å². The van der Waals surface area contributed by atoms with Gasteiger partial charge in [-0.1, -0.05) is 18.2 Å². The highest BCUT2D eigenvalue weighted by molar-refractivity contribution is 5.87. The molecule has 0 radical (unpaired) electrons. The van der Waals surface area contributed by atoms with Gasteiger partial charge in [0.15, 0.2) is 0 Å². The Balaban J connectivity index is 2.67. The largest absolute Gasteiger partial charge is 0.573 e. The first kappa shape index (κ1) is 16.8. The topological polar surface area (TPSA) is 107 Å². The molecule has 1 unspecified atom stereocenters. The number of rotatable bonds is 6. The van der Waals surface area contributed by atoms with Crippen molar-refractivity contribution < 1.29 is 27.5 Å². The van der Waals surface area contributed by atoms with Crippen LogP contribution in [0.25, 0.3) is 0 Å². The molecule has 0 aliphatic heterocycles. The molecule has 0 aliphatic rings. The van der Waals surface area contributed by atoms with Crippen LogP contribution in [0.4, 0.5) is 13.2 Å². The molecular formula is C12H14F3N3O3. The van der Waals surface area contributed by atoms with Crippen molar-refractivity contribution >= 4 is 11.8 Å². The lowest BCUT2D eigenvalue weighted by Gasteiger charge is -2.15. The minimum atomic E-state index is -4.83. The standard InChI is InChI=1S/C12H14F3N3O3/c13-12(14,15)21-9-4-2-1-3-7(9)6-18-11(20)8(16)5-10(17)19/h1-4,8H,5-6,16H2,(H2,17,19)(H,18,20). The zero-order valence-electron chi connectivity index (χ0n) is 10.8. The highest BCUT2D eigenvalue weighted by atomic mass is 19.4. The quantitative estimate of drug-likeness (QED) is 0.707. The molecule has 1 aromatic rings. The van der Waals surface area contributed by atoms with E-state index in [0.29, 0.717) is 0 Å². The van der Waals surface area contributed by atoms with Gasteiger partial charge < -0.3 is 21.5 Å². The van der Waals surface area contributed by atoms with Gasteiger partial charge in [0.25, 0.3) is 0 Å². The van der Waals surface area contributed by atoms with Crippen LogP contribution in [0.5, 0.6) is 5.75 Å². The molecule has 116 valence electrons. The zero-order chi connectivity index (χ0) is 16.0. The zero-order valence-corrected chi connectivity index (χ0v) is 10.8. The molecule has 0 fully saturated rings. The number of hydrogen-bond donors (Lipinski definition) is 3. The maximum absolute atomic E-state index is 12.2. The fourth-order valence-corrected chi connectivity index (χ4v) is 1.50. The first-order valence-corrected chi connectivity index (χ1v) is 5.84. The molecule has 0 saturated carbocycles. The van der Waals surface area contributed by atoms with E-state index in [1.54, 1.807) is 0 Å². The van der Waals surface area contributed by atoms with Crippen molar-refractivity contribution in [3.05, 3.63) is 29.8 Å². The number of hydrogen-bond acceptors (Lipinski definition) is 4. The number of benzene rings is 1. The highest BCUT2D eigenvalue weighted by Gasteiger charge is 2.32. The number of amides is 2. The van der Waals surface area contributed by atoms with E-state index in [0.717, 1.165) is 6.07 Å². The van der Waals surface area contributed by atoms with E-state index in [1.807, 2.05) is 0 Å². The Morgan fingerprint density at radius 3 is 2.48 bits per heavy atom. The normalized spacial score (nSPS) is 12.6. The third-order valence-electron chi connectivity index (χ3n) is 2.41. The number of para-hydroxylation sites is 1. The maximum atomic E-state index is 12.2. The molecule has 1 rings (SSSR count). The molecule has 1 aromatic carbocycles. The van der Waals surface area contributed by atoms with Crippen molar-refractivity contribution in [1.82, 2.24) is 5.32 Å². The lowest BCUT2D eigenvalue weighted by atomic mass is 10.1. The number of halogens is 3. The van der Waals surface area contributed by atoms with Crippen molar-refractivity contribution in [1.29, 1.82) is 0 Å². The smallest absolute Gasteiger partial charge is 0.405 e. The summed E-state index contributed by atoms with van der Waals surface area (Å²) in [5.74, 6) is -1.87. The lowest BCUT2D eigenvalue weighted by molar-refractivity contribution is -0.274. The summed E-state index contributed by atoms with van der Waals surface area (Å²) in [6, 6.07) is 4.19. The summed E-state index contributed by atoms with van der Waals surface area (Å²) in [6.07, 6.45) is -5.19. The third kappa shape index (κ3) is 6.13. The van der Waals surface area contributed by atoms with Crippen LogP contribution in [0.2, 0.25) is 0 Å². The molecule has 21 heavy (non-hydrogen) atoms. The molecular weight excluding hydrogens is 291 g/mol. The van der Waals surface area contributed by atoms with Crippen LogP contribution in [0.15, 0.2) is 24.3 Å². The number of carbonyl (C=O) groups excluding carboxylic acids is 2. The number of primary amides is 1. The molecule has 0 aliphatic carbocycles. The summed E-state index contributed by atoms with van der Waals surface area (Å²) in [6.45, 7) is -0.225. The molecule has 0 spiro atoms. The van der Waals surface area contributed by atoms with Crippen molar-refractivity contribution in [2.45, 2.75) is 25.4 Å². The molecule has 0 aromatic heterocycles. The Morgan fingerprint density at radius 1 is 1.29 bits per heavy atom. The lowest BCUT2D eigenvalue weighted by Crippen LogP contribution is -2.42. The fraction of sp³-hybridized carbons (Fsp3) is 0.333. The predicted octanol–water partition coefficient (Wildman–Crippen LogP) is 0.404. The van der Waals surface area contributed by atoms with Gasteiger partial charge in [-0.25, -0.2) is 0 Å². The summed E-state index contributed by atoms with van der Waals surface area (Å²) in [5, 5.41) is 2.31. The molecule has 1 atom stereocenters. The highest BCUT2D eigenvalue weighted by Crippen LogP contribution is 2.26. The molecule has 0 bridgehead atoms. The number of nitrogens with two attached hydrogens (primary N) is 2. The van der Waals surface area contributed by atoms with Crippen LogP contribution >= 0.6 is 0 Å². The van der Waals surface area contributed by atoms with E-state index in [-0.39, 0.29) is 18.5 Å². The van der Waals surface area contributed by atoms with Crippen LogP contribution in [0.3, 0.4) is 0 Å². The number of alkyl halides is 3. The van der Waals surface area contributed by atoms with Crippen molar-refractivity contribution in [3.8, 4) is 5.75 Å². The first-order chi connectivity index (χ1) is 9.69. The first-order valence-electron chi connectivity index (χ1n) is 5.84. The Morgan fingerprint density at radius 2 is 1.90 bits per heavy atom. The Labute approximate surface area is 118 Å². The van der Waals surface area contributed by atoms with Gasteiger partial charge in [0.05, 0.1) is 12.5 Å². The van der Waals surface area contributed by atoms with Gasteiger partial charge in [-0.3, -0.25) is 9.59 Å². The average Bonchev–Trinajstić information content (AvgIpc) is 2.34. The minimum absolute atomic E-state index is 0.120. The average molecular weight is 305 g/mol. The Bertz CT molecular complexity index is 520. The predicted molar refractivity (Wildman–Crippen MR) is 66.8 cm³/mol. The van der Waals surface area contributed by atoms with Gasteiger partial charge in [-0.05, 0) is 6.07 Å². The van der Waals surface area contributed by atoms with E-state index in [2.05, 4.69) is 10.1 Å². The second-order valence-corrected chi connectivity index (χ2v) is 4.15. The van der Waals surface area contributed by atoms with Crippen molar-refractivity contribution in [2.75, 3.05) is 0 Å². The number of ether oxygens (including phenoxy) is 1. The van der Waals surface area contributed by atoms with E-state index in [9.17, 15) is 22.8 Å². The van der Waals surface area contributed by atoms with Gasteiger partial charge in [0.2, 0.25) is 11.8 Å². The molecule has 6 nitrogen and oxygen atoms in total. The maximum Gasteiger partial charge on any atom is 0.573 e. The summed E-state index contributed by atoms with van der Waals surface area (Å²) >= 11 is 0. The van der Waals surface area contributed by atoms with E-state index >= 15 is 0 Å². The third-order valence-corrected chi connectivity index (χ3v) is 2.41. The van der Waals surface area contributed by atoms with Crippen molar-refractivity contribution in [2.24, 2.45) is 11.5 Å². The van der Waals surface area contributed by atoms with E-state index in [4.69, 9.17) is 11.5 Å². The monoisotopic (exact) mass is 305 g/mol. The second-order valence-electron chi connectivity index (χ2n) is 4.15. The molecule has 5 N–H and O–H groups in total. The van der Waals surface area contributed by atoms with Crippen LogP contribution in [0, 0.1) is 0 Å². The molecule has 0 heterocycles. The summed E-state index contributed by atoms with van der Waals surface area (Å²) < 4.78 is 40.5. The van der Waals surface area contributed by atoms with Crippen LogP contribution < -0.4 is 21.5 Å². The molecule has 0 saturated heterocycles. The number of carbonyl (C=O) groups is 2. The fourth-order valence-electron chi connectivity index (χ4n) is 1.50. The van der Waals surface area contributed by atoms with Gasteiger partial charge in [-0.2, -0.15) is 0 Å². The van der Waals surface area contributed by atoms with Gasteiger partial charge >= 0.3 is 6.36 Å². The van der Waals surface area contributed by atoms with Crippen LogP contribution in [-0.4, -0.2) is 24.2 Å². The van der Waals surface area contributed by atoms with E-state index in [1.165, 1.54) is 18.2 Å². The van der Waals surface area contributed by atoms with Gasteiger partial charge in [0, 0.05) is 12.1 Å². The number of nitrogens with one attached hydrogen (secondary N) is 1. The summed E-state index contributed by atoms with van der Waals surface area (Å²) in [5.41, 5.74) is 10.4. The van der Waals surface area contributed by atoms with Crippen LogP contribution in [0.1, 0.15) is 12.0 Å². The minimum Gasteiger partial charge on any atom is -0.405 e. The second kappa shape index (κ2) is 6.93. The van der Waals surface area contributed by atoms with Gasteiger partial charge in [-0.15, -0.1) is 13.2 Å². The summed E-state index contributed by atoms with van der Waals surface area (Å²) in [7, 11) is 0. The molecule has 9 heteroatoms. The Hall–Kier alpha value is -2.29. The Kier molecular flexibility index (Phi) is 5.53. The van der Waals surface area contributed by atoms with E-state index < -0.39 is 30.0 Å². The van der Waals surface area contributed by atoms with Crippen LogP contribution in [-0.2, 0) is 16.1 Å². The van der Waals surface area contributed by atoms with Crippen molar-refractivity contribution in [3.63, 3.8) is 0 Å². The summed E-state index contributed by atoms with van der Waals surface area (Å²) in [4.78, 5) is 22.2. The SMILES string of the molecule is NC(=O)CC(N)C(=O)NCc1ccccc1OC(F)(F)F. The molecule has 2 amide bonds.